The molecule has 0 aliphatic heterocycles. The quantitative estimate of drug-likeness (QED) is 0.175. The number of hydrogen-bond acceptors (Lipinski definition) is 5. The van der Waals surface area contributed by atoms with E-state index in [4.69, 9.17) is 4.98 Å². The van der Waals surface area contributed by atoms with Crippen molar-refractivity contribution in [2.45, 2.75) is 0 Å². The van der Waals surface area contributed by atoms with Crippen LogP contribution in [-0.4, -0.2) is 19.8 Å². The lowest BCUT2D eigenvalue weighted by atomic mass is 10.0. The van der Waals surface area contributed by atoms with Gasteiger partial charge in [-0.3, -0.25) is 20.2 Å². The first-order valence-electron chi connectivity index (χ1n) is 10.9. The van der Waals surface area contributed by atoms with Gasteiger partial charge in [0.2, 0.25) is 0 Å². The number of rotatable bonds is 6. The molecular weight excluding hydrogens is 524 g/mol. The summed E-state index contributed by atoms with van der Waals surface area (Å²) in [6, 6.07) is 28.8. The van der Waals surface area contributed by atoms with E-state index in [1.807, 2.05) is 54.6 Å². The molecule has 0 aliphatic carbocycles. The van der Waals surface area contributed by atoms with Crippen LogP contribution in [0, 0.1) is 20.2 Å². The Morgan fingerprint density at radius 3 is 1.86 bits per heavy atom. The van der Waals surface area contributed by atoms with Gasteiger partial charge < -0.3 is 4.98 Å². The average Bonchev–Trinajstić information content (AvgIpc) is 3.35. The van der Waals surface area contributed by atoms with Crippen molar-refractivity contribution in [2.24, 2.45) is 0 Å². The summed E-state index contributed by atoms with van der Waals surface area (Å²) >= 11 is 3.23. The van der Waals surface area contributed by atoms with E-state index in [-0.39, 0.29) is 11.4 Å². The fraction of sp³-hybridized carbons (Fsp3) is 0. The molecule has 36 heavy (non-hydrogen) atoms. The fourth-order valence-electron chi connectivity index (χ4n) is 3.93. The van der Waals surface area contributed by atoms with Crippen molar-refractivity contribution in [3.63, 3.8) is 0 Å². The van der Waals surface area contributed by atoms with Gasteiger partial charge in [-0.1, -0.05) is 54.6 Å². The first-order chi connectivity index (χ1) is 17.4. The highest BCUT2D eigenvalue weighted by molar-refractivity contribution is 9.10. The molecule has 5 aromatic rings. The number of aromatic nitrogens is 2. The van der Waals surface area contributed by atoms with Crippen LogP contribution < -0.4 is 0 Å². The maximum absolute atomic E-state index is 11.4. The van der Waals surface area contributed by atoms with Crippen LogP contribution in [0.3, 0.4) is 0 Å². The normalized spacial score (nSPS) is 10.8. The minimum absolute atomic E-state index is 0.0424. The molecule has 9 heteroatoms. The first-order valence-corrected chi connectivity index (χ1v) is 11.6. The second-order valence-corrected chi connectivity index (χ2v) is 8.83. The summed E-state index contributed by atoms with van der Waals surface area (Å²) in [7, 11) is 0. The van der Waals surface area contributed by atoms with Crippen LogP contribution in [0.15, 0.2) is 102 Å². The molecular formula is C27H17BrN4O4. The summed E-state index contributed by atoms with van der Waals surface area (Å²) < 4.78 is 0.396. The van der Waals surface area contributed by atoms with Gasteiger partial charge >= 0.3 is 0 Å². The number of nitrogens with one attached hydrogen (secondary N) is 1. The van der Waals surface area contributed by atoms with Gasteiger partial charge in [0.15, 0.2) is 0 Å². The van der Waals surface area contributed by atoms with Crippen LogP contribution in [0.2, 0.25) is 0 Å². The van der Waals surface area contributed by atoms with Crippen LogP contribution in [0.25, 0.3) is 45.0 Å². The van der Waals surface area contributed by atoms with Crippen molar-refractivity contribution < 1.29 is 9.85 Å². The fourth-order valence-corrected chi connectivity index (χ4v) is 4.32. The summed E-state index contributed by atoms with van der Waals surface area (Å²) in [5.41, 5.74) is 5.65. The molecule has 0 atom stereocenters. The Labute approximate surface area is 213 Å². The van der Waals surface area contributed by atoms with Crippen LogP contribution in [-0.2, 0) is 0 Å². The summed E-state index contributed by atoms with van der Waals surface area (Å²) in [6.07, 6.45) is 0. The van der Waals surface area contributed by atoms with Crippen LogP contribution in [0.4, 0.5) is 11.4 Å². The third-order valence-corrected chi connectivity index (χ3v) is 6.42. The maximum Gasteiger partial charge on any atom is 0.284 e. The predicted molar refractivity (Wildman–Crippen MR) is 141 cm³/mol. The Balaban J connectivity index is 1.57. The molecule has 0 fully saturated rings. The van der Waals surface area contributed by atoms with E-state index in [9.17, 15) is 20.2 Å². The third kappa shape index (κ3) is 4.51. The minimum atomic E-state index is -0.438. The Kier molecular flexibility index (Phi) is 6.14. The van der Waals surface area contributed by atoms with Crippen LogP contribution in [0.1, 0.15) is 0 Å². The van der Waals surface area contributed by atoms with Crippen molar-refractivity contribution in [2.75, 3.05) is 0 Å². The van der Waals surface area contributed by atoms with Crippen LogP contribution >= 0.6 is 15.9 Å². The monoisotopic (exact) mass is 540 g/mol. The molecule has 0 radical (unpaired) electrons. The van der Waals surface area contributed by atoms with E-state index in [2.05, 4.69) is 20.9 Å². The average molecular weight is 541 g/mol. The first kappa shape index (κ1) is 23.1. The minimum Gasteiger partial charge on any atom is -0.337 e. The molecule has 4 aromatic carbocycles. The lowest BCUT2D eigenvalue weighted by Gasteiger charge is -2.06. The molecule has 5 rings (SSSR count). The van der Waals surface area contributed by atoms with E-state index in [0.29, 0.717) is 15.9 Å². The van der Waals surface area contributed by atoms with E-state index in [1.54, 1.807) is 24.3 Å². The van der Waals surface area contributed by atoms with E-state index >= 15 is 0 Å². The Hall–Kier alpha value is -4.63. The van der Waals surface area contributed by atoms with Crippen molar-refractivity contribution in [3.8, 4) is 45.0 Å². The zero-order chi connectivity index (χ0) is 25.2. The Morgan fingerprint density at radius 2 is 1.25 bits per heavy atom. The summed E-state index contributed by atoms with van der Waals surface area (Å²) in [4.78, 5) is 29.7. The highest BCUT2D eigenvalue weighted by Gasteiger charge is 2.19. The largest absolute Gasteiger partial charge is 0.337 e. The number of nitro groups is 2. The van der Waals surface area contributed by atoms with Crippen molar-refractivity contribution in [1.29, 1.82) is 0 Å². The zero-order valence-corrected chi connectivity index (χ0v) is 20.2. The molecule has 8 nitrogen and oxygen atoms in total. The van der Waals surface area contributed by atoms with Gasteiger partial charge in [0.25, 0.3) is 11.4 Å². The number of benzene rings is 4. The smallest absolute Gasteiger partial charge is 0.284 e. The standard InChI is InChI=1S/C27H17BrN4O4/c28-23-15-12-21(16-24(23)32(35)36)27-29-25(19-4-2-1-3-5-19)26(30-27)20-8-6-17(7-9-20)18-10-13-22(14-11-18)31(33)34/h1-16H,(H,29,30). The highest BCUT2D eigenvalue weighted by atomic mass is 79.9. The molecule has 0 saturated heterocycles. The molecule has 0 unspecified atom stereocenters. The molecule has 176 valence electrons. The second kappa shape index (κ2) is 9.55. The molecule has 0 bridgehead atoms. The molecule has 0 spiro atoms. The number of halogens is 1. The predicted octanol–water partition coefficient (Wildman–Crippen LogP) is 7.66. The zero-order valence-electron chi connectivity index (χ0n) is 18.6. The van der Waals surface area contributed by atoms with Crippen molar-refractivity contribution >= 4 is 27.3 Å². The molecule has 1 N–H and O–H groups in total. The number of non-ortho nitro benzene ring substituents is 1. The summed E-state index contributed by atoms with van der Waals surface area (Å²) in [5, 5.41) is 22.4. The number of nitrogens with zero attached hydrogens (tertiary/aromatic N) is 3. The Morgan fingerprint density at radius 1 is 0.667 bits per heavy atom. The van der Waals surface area contributed by atoms with Gasteiger partial charge in [0.05, 0.1) is 25.7 Å². The Bertz CT molecular complexity index is 1580. The summed E-state index contributed by atoms with van der Waals surface area (Å²) in [5.74, 6) is 0.513. The van der Waals surface area contributed by atoms with Gasteiger partial charge in [-0.25, -0.2) is 4.98 Å². The second-order valence-electron chi connectivity index (χ2n) is 7.98. The maximum atomic E-state index is 11.4. The molecule has 0 aliphatic rings. The van der Waals surface area contributed by atoms with Crippen LogP contribution in [0.5, 0.6) is 0 Å². The van der Waals surface area contributed by atoms with Gasteiger partial charge in [-0.2, -0.15) is 0 Å². The van der Waals surface area contributed by atoms with Gasteiger partial charge in [-0.05, 0) is 51.3 Å². The molecule has 0 saturated carbocycles. The molecule has 1 heterocycles. The molecule has 0 amide bonds. The van der Waals surface area contributed by atoms with Gasteiger partial charge in [0, 0.05) is 34.9 Å². The topological polar surface area (TPSA) is 115 Å². The number of H-pyrrole nitrogens is 1. The van der Waals surface area contributed by atoms with Crippen molar-refractivity contribution in [1.82, 2.24) is 9.97 Å². The molecule has 1 aromatic heterocycles. The lowest BCUT2D eigenvalue weighted by molar-refractivity contribution is -0.385. The van der Waals surface area contributed by atoms with E-state index in [1.165, 1.54) is 18.2 Å². The SMILES string of the molecule is O=[N+]([O-])c1ccc(-c2ccc(-c3[nH]c(-c4ccc(Br)c([N+](=O)[O-])c4)nc3-c3ccccc3)cc2)cc1. The van der Waals surface area contributed by atoms with Gasteiger partial charge in [0.1, 0.15) is 5.82 Å². The number of aromatic amines is 1. The van der Waals surface area contributed by atoms with E-state index in [0.717, 1.165) is 33.6 Å². The lowest BCUT2D eigenvalue weighted by Crippen LogP contribution is -1.91. The third-order valence-electron chi connectivity index (χ3n) is 5.75. The number of imidazole rings is 1. The number of hydrogen-bond donors (Lipinski definition) is 1. The van der Waals surface area contributed by atoms with Gasteiger partial charge in [-0.15, -0.1) is 0 Å². The highest BCUT2D eigenvalue weighted by Crippen LogP contribution is 2.36. The van der Waals surface area contributed by atoms with E-state index < -0.39 is 9.85 Å². The number of nitro benzene ring substituents is 2. The van der Waals surface area contributed by atoms with Crippen molar-refractivity contribution in [3.05, 3.63) is 122 Å². The summed E-state index contributed by atoms with van der Waals surface area (Å²) in [6.45, 7) is 0.